The molecular formula is C14H30N2. The molecule has 16 heavy (non-hydrogen) atoms. The van der Waals surface area contributed by atoms with Gasteiger partial charge >= 0.3 is 0 Å². The van der Waals surface area contributed by atoms with Crippen LogP contribution in [0.2, 0.25) is 0 Å². The number of rotatable bonds is 8. The maximum Gasteiger partial charge on any atom is 0.0166 e. The molecule has 0 aromatic rings. The van der Waals surface area contributed by atoms with Crippen molar-refractivity contribution in [3.8, 4) is 0 Å². The summed E-state index contributed by atoms with van der Waals surface area (Å²) in [6, 6.07) is 0.667. The second-order valence-corrected chi connectivity index (χ2v) is 5.80. The molecule has 0 spiro atoms. The first kappa shape index (κ1) is 14.0. The van der Waals surface area contributed by atoms with Crippen LogP contribution in [0.3, 0.4) is 0 Å². The fourth-order valence-electron chi connectivity index (χ4n) is 2.44. The first-order valence-corrected chi connectivity index (χ1v) is 7.10. The summed E-state index contributed by atoms with van der Waals surface area (Å²) < 4.78 is 0. The van der Waals surface area contributed by atoms with Gasteiger partial charge < -0.3 is 10.6 Å². The van der Waals surface area contributed by atoms with E-state index in [-0.39, 0.29) is 5.54 Å². The van der Waals surface area contributed by atoms with Gasteiger partial charge in [0.1, 0.15) is 0 Å². The first-order chi connectivity index (χ1) is 7.57. The number of nitrogens with zero attached hydrogens (tertiary/aromatic N) is 1. The summed E-state index contributed by atoms with van der Waals surface area (Å²) in [7, 11) is 0. The van der Waals surface area contributed by atoms with E-state index in [4.69, 9.17) is 5.73 Å². The lowest BCUT2D eigenvalue weighted by Crippen LogP contribution is -2.49. The highest BCUT2D eigenvalue weighted by molar-refractivity contribution is 4.93. The molecule has 0 unspecified atom stereocenters. The average molecular weight is 226 g/mol. The molecule has 2 heteroatoms. The van der Waals surface area contributed by atoms with Crippen molar-refractivity contribution in [1.82, 2.24) is 4.90 Å². The molecule has 0 saturated heterocycles. The van der Waals surface area contributed by atoms with Crippen LogP contribution in [-0.2, 0) is 0 Å². The maximum atomic E-state index is 6.28. The van der Waals surface area contributed by atoms with Crippen molar-refractivity contribution < 1.29 is 0 Å². The lowest BCUT2D eigenvalue weighted by atomic mass is 9.75. The van der Waals surface area contributed by atoms with Crippen molar-refractivity contribution in [3.63, 3.8) is 0 Å². The van der Waals surface area contributed by atoms with Crippen molar-refractivity contribution in [2.45, 2.75) is 77.3 Å². The summed E-state index contributed by atoms with van der Waals surface area (Å²) in [5, 5.41) is 0. The molecule has 1 fully saturated rings. The number of hydrogen-bond acceptors (Lipinski definition) is 2. The Balaban J connectivity index is 2.21. The quantitative estimate of drug-likeness (QED) is 0.644. The number of nitrogens with two attached hydrogens (primary N) is 1. The normalized spacial score (nSPS) is 19.1. The third-order valence-electron chi connectivity index (χ3n) is 4.03. The zero-order valence-electron chi connectivity index (χ0n) is 11.5. The molecule has 0 bridgehead atoms. The summed E-state index contributed by atoms with van der Waals surface area (Å²) >= 11 is 0. The van der Waals surface area contributed by atoms with Gasteiger partial charge in [0, 0.05) is 18.1 Å². The Bertz CT molecular complexity index is 185. The molecule has 2 N–H and O–H groups in total. The van der Waals surface area contributed by atoms with Crippen LogP contribution >= 0.6 is 0 Å². The third-order valence-corrected chi connectivity index (χ3v) is 4.03. The van der Waals surface area contributed by atoms with Crippen molar-refractivity contribution >= 4 is 0 Å². The molecule has 0 amide bonds. The molecule has 0 heterocycles. The molecule has 1 saturated carbocycles. The minimum absolute atomic E-state index is 0.192. The fraction of sp³-hybridized carbons (Fsp3) is 1.00. The highest BCUT2D eigenvalue weighted by Gasteiger charge is 2.32. The van der Waals surface area contributed by atoms with Gasteiger partial charge in [-0.15, -0.1) is 0 Å². The Morgan fingerprint density at radius 1 is 1.19 bits per heavy atom. The third kappa shape index (κ3) is 4.42. The van der Waals surface area contributed by atoms with Crippen molar-refractivity contribution in [1.29, 1.82) is 0 Å². The molecule has 1 aliphatic rings. The fourth-order valence-corrected chi connectivity index (χ4v) is 2.44. The Labute approximate surface area is 102 Å². The van der Waals surface area contributed by atoms with E-state index in [1.807, 2.05) is 0 Å². The van der Waals surface area contributed by atoms with Crippen LogP contribution in [0, 0.1) is 0 Å². The molecule has 2 nitrogen and oxygen atoms in total. The van der Waals surface area contributed by atoms with Gasteiger partial charge in [0.05, 0.1) is 0 Å². The van der Waals surface area contributed by atoms with Crippen LogP contribution in [0.15, 0.2) is 0 Å². The van der Waals surface area contributed by atoms with E-state index in [0.29, 0.717) is 6.04 Å². The topological polar surface area (TPSA) is 29.3 Å². The lowest BCUT2D eigenvalue weighted by molar-refractivity contribution is 0.157. The molecule has 0 atom stereocenters. The van der Waals surface area contributed by atoms with Gasteiger partial charge in [-0.2, -0.15) is 0 Å². The molecule has 1 aliphatic carbocycles. The standard InChI is InChI=1S/C14H30N2/c1-4-5-6-11-16(13(2)3)12-10-14(15)8-7-9-14/h13H,4-12,15H2,1-3H3. The van der Waals surface area contributed by atoms with Crippen LogP contribution in [0.25, 0.3) is 0 Å². The van der Waals surface area contributed by atoms with Crippen LogP contribution in [0.5, 0.6) is 0 Å². The largest absolute Gasteiger partial charge is 0.325 e. The summed E-state index contributed by atoms with van der Waals surface area (Å²) in [5.41, 5.74) is 6.47. The highest BCUT2D eigenvalue weighted by Crippen LogP contribution is 2.32. The molecule has 0 aromatic heterocycles. The van der Waals surface area contributed by atoms with Crippen LogP contribution in [-0.4, -0.2) is 29.6 Å². The molecular weight excluding hydrogens is 196 g/mol. The second kappa shape index (κ2) is 6.61. The summed E-state index contributed by atoms with van der Waals surface area (Å²) in [4.78, 5) is 2.60. The molecule has 0 aliphatic heterocycles. The maximum absolute atomic E-state index is 6.28. The van der Waals surface area contributed by atoms with E-state index in [1.165, 1.54) is 58.0 Å². The predicted molar refractivity (Wildman–Crippen MR) is 71.6 cm³/mol. The Morgan fingerprint density at radius 3 is 2.31 bits per heavy atom. The molecule has 0 radical (unpaired) electrons. The van der Waals surface area contributed by atoms with Gasteiger partial charge in [0.2, 0.25) is 0 Å². The predicted octanol–water partition coefficient (Wildman–Crippen LogP) is 3.16. The minimum atomic E-state index is 0.192. The smallest absolute Gasteiger partial charge is 0.0166 e. The average Bonchev–Trinajstić information content (AvgIpc) is 2.20. The first-order valence-electron chi connectivity index (χ1n) is 7.10. The summed E-state index contributed by atoms with van der Waals surface area (Å²) in [6.07, 6.45) is 9.03. The van der Waals surface area contributed by atoms with Crippen molar-refractivity contribution in [2.24, 2.45) is 5.73 Å². The SMILES string of the molecule is CCCCCN(CCC1(N)CCC1)C(C)C. The van der Waals surface area contributed by atoms with Gasteiger partial charge in [-0.1, -0.05) is 19.8 Å². The van der Waals surface area contributed by atoms with E-state index in [1.54, 1.807) is 0 Å². The van der Waals surface area contributed by atoms with Crippen LogP contribution < -0.4 is 5.73 Å². The van der Waals surface area contributed by atoms with Gasteiger partial charge in [-0.05, 0) is 52.5 Å². The van der Waals surface area contributed by atoms with E-state index in [9.17, 15) is 0 Å². The number of hydrogen-bond donors (Lipinski definition) is 1. The second-order valence-electron chi connectivity index (χ2n) is 5.80. The van der Waals surface area contributed by atoms with Crippen LogP contribution in [0.4, 0.5) is 0 Å². The zero-order chi connectivity index (χ0) is 12.0. The van der Waals surface area contributed by atoms with E-state index < -0.39 is 0 Å². The molecule has 1 rings (SSSR count). The van der Waals surface area contributed by atoms with E-state index in [0.717, 1.165) is 0 Å². The molecule has 96 valence electrons. The van der Waals surface area contributed by atoms with Gasteiger partial charge in [-0.3, -0.25) is 0 Å². The van der Waals surface area contributed by atoms with Gasteiger partial charge in [0.15, 0.2) is 0 Å². The van der Waals surface area contributed by atoms with E-state index >= 15 is 0 Å². The summed E-state index contributed by atoms with van der Waals surface area (Å²) in [5.74, 6) is 0. The highest BCUT2D eigenvalue weighted by atomic mass is 15.1. The number of unbranched alkanes of at least 4 members (excludes halogenated alkanes) is 2. The van der Waals surface area contributed by atoms with Gasteiger partial charge in [-0.25, -0.2) is 0 Å². The monoisotopic (exact) mass is 226 g/mol. The van der Waals surface area contributed by atoms with E-state index in [2.05, 4.69) is 25.7 Å². The van der Waals surface area contributed by atoms with Gasteiger partial charge in [0.25, 0.3) is 0 Å². The zero-order valence-corrected chi connectivity index (χ0v) is 11.5. The minimum Gasteiger partial charge on any atom is -0.325 e. The lowest BCUT2D eigenvalue weighted by Gasteiger charge is -2.40. The molecule has 0 aromatic carbocycles. The summed E-state index contributed by atoms with van der Waals surface area (Å²) in [6.45, 7) is 9.31. The van der Waals surface area contributed by atoms with Crippen molar-refractivity contribution in [3.05, 3.63) is 0 Å². The van der Waals surface area contributed by atoms with Crippen LogP contribution in [0.1, 0.15) is 65.7 Å². The van der Waals surface area contributed by atoms with Crippen molar-refractivity contribution in [2.75, 3.05) is 13.1 Å². The Kier molecular flexibility index (Phi) is 5.77. The Morgan fingerprint density at radius 2 is 1.88 bits per heavy atom. The Hall–Kier alpha value is -0.0800.